The van der Waals surface area contributed by atoms with Crippen molar-refractivity contribution in [2.45, 2.75) is 44.7 Å². The van der Waals surface area contributed by atoms with Gasteiger partial charge in [-0.3, -0.25) is 15.1 Å². The molecule has 0 bridgehead atoms. The second-order valence-corrected chi connectivity index (χ2v) is 10.1. The first-order chi connectivity index (χ1) is 19.0. The number of hydrogen-bond donors (Lipinski definition) is 3. The van der Waals surface area contributed by atoms with Gasteiger partial charge >= 0.3 is 5.97 Å². The van der Waals surface area contributed by atoms with Gasteiger partial charge in [-0.2, -0.15) is 0 Å². The minimum atomic E-state index is -0.950. The van der Waals surface area contributed by atoms with Crippen molar-refractivity contribution < 1.29 is 14.3 Å². The highest BCUT2D eigenvalue weighted by molar-refractivity contribution is 5.97. The summed E-state index contributed by atoms with van der Waals surface area (Å²) >= 11 is 0. The molecule has 3 aromatic rings. The number of aliphatic imine (C=N–C) groups is 1. The monoisotopic (exact) mass is 528 g/mol. The average molecular weight is 529 g/mol. The Bertz CT molecular complexity index is 1200. The van der Waals surface area contributed by atoms with E-state index in [0.29, 0.717) is 11.7 Å². The van der Waals surface area contributed by atoms with E-state index in [0.717, 1.165) is 68.8 Å². The molecule has 4 rings (SSSR count). The molecule has 0 spiro atoms. The number of allylic oxidation sites excluding steroid dienone is 2. The van der Waals surface area contributed by atoms with Crippen LogP contribution >= 0.6 is 0 Å². The highest BCUT2D eigenvalue weighted by atomic mass is 16.4. The summed E-state index contributed by atoms with van der Waals surface area (Å²) in [6, 6.07) is 22.7. The van der Waals surface area contributed by atoms with Crippen molar-refractivity contribution in [3.05, 3.63) is 108 Å². The molecule has 1 aromatic heterocycles. The highest BCUT2D eigenvalue weighted by Crippen LogP contribution is 2.26. The van der Waals surface area contributed by atoms with E-state index in [9.17, 15) is 9.90 Å². The fourth-order valence-corrected chi connectivity index (χ4v) is 5.28. The van der Waals surface area contributed by atoms with Crippen LogP contribution in [0, 0.1) is 5.92 Å². The van der Waals surface area contributed by atoms with Crippen molar-refractivity contribution in [3.8, 4) is 0 Å². The van der Waals surface area contributed by atoms with Gasteiger partial charge in [0.05, 0.1) is 6.26 Å². The van der Waals surface area contributed by atoms with Gasteiger partial charge in [0.1, 0.15) is 5.76 Å². The van der Waals surface area contributed by atoms with Crippen LogP contribution in [-0.2, 0) is 11.2 Å². The molecule has 2 atom stereocenters. The zero-order valence-electron chi connectivity index (χ0n) is 22.7. The zero-order chi connectivity index (χ0) is 27.5. The molecule has 7 heteroatoms. The molecular weight excluding hydrogens is 488 g/mol. The van der Waals surface area contributed by atoms with Crippen molar-refractivity contribution in [1.29, 1.82) is 0 Å². The Morgan fingerprint density at radius 3 is 2.41 bits per heavy atom. The summed E-state index contributed by atoms with van der Waals surface area (Å²) in [5.74, 6) is -0.144. The largest absolute Gasteiger partial charge is 0.480 e. The van der Waals surface area contributed by atoms with Gasteiger partial charge in [0.15, 0.2) is 6.04 Å². The van der Waals surface area contributed by atoms with Crippen LogP contribution in [0.15, 0.2) is 100 Å². The Morgan fingerprint density at radius 1 is 1.10 bits per heavy atom. The maximum atomic E-state index is 12.0. The Kier molecular flexibility index (Phi) is 10.5. The third-order valence-corrected chi connectivity index (χ3v) is 7.31. The van der Waals surface area contributed by atoms with Crippen LogP contribution < -0.4 is 11.1 Å². The Morgan fingerprint density at radius 2 is 1.79 bits per heavy atom. The van der Waals surface area contributed by atoms with Gasteiger partial charge < -0.3 is 20.2 Å². The molecule has 1 aliphatic heterocycles. The average Bonchev–Trinajstić information content (AvgIpc) is 3.49. The lowest BCUT2D eigenvalue weighted by atomic mass is 9.90. The Hall–Kier alpha value is -3.68. The molecule has 0 aliphatic carbocycles. The summed E-state index contributed by atoms with van der Waals surface area (Å²) in [4.78, 5) is 19.3. The summed E-state index contributed by atoms with van der Waals surface area (Å²) in [7, 11) is 0. The summed E-state index contributed by atoms with van der Waals surface area (Å²) < 4.78 is 5.42. The molecule has 2 heterocycles. The molecule has 2 aromatic carbocycles. The number of aliphatic carboxylic acids is 1. The summed E-state index contributed by atoms with van der Waals surface area (Å²) in [5.41, 5.74) is 10.6. The minimum absolute atomic E-state index is 0.118. The smallest absolute Gasteiger partial charge is 0.328 e. The molecule has 1 aliphatic rings. The fraction of sp³-hybridized carbons (Fsp3) is 0.375. The van der Waals surface area contributed by atoms with Crippen molar-refractivity contribution in [2.24, 2.45) is 16.6 Å². The van der Waals surface area contributed by atoms with Crippen LogP contribution in [0.3, 0.4) is 0 Å². The lowest BCUT2D eigenvalue weighted by Crippen LogP contribution is -2.39. The number of carboxylic acid groups (broad SMARTS) is 1. The fourth-order valence-electron chi connectivity index (χ4n) is 5.28. The van der Waals surface area contributed by atoms with Crippen molar-refractivity contribution in [2.75, 3.05) is 26.2 Å². The predicted octanol–water partition coefficient (Wildman–Crippen LogP) is 5.38. The highest BCUT2D eigenvalue weighted by Gasteiger charge is 2.28. The van der Waals surface area contributed by atoms with E-state index < -0.39 is 12.0 Å². The second kappa shape index (κ2) is 14.5. The third kappa shape index (κ3) is 8.40. The first-order valence-corrected chi connectivity index (χ1v) is 13.9. The predicted molar refractivity (Wildman–Crippen MR) is 156 cm³/mol. The van der Waals surface area contributed by atoms with E-state index in [1.165, 1.54) is 11.8 Å². The molecule has 0 radical (unpaired) electrons. The number of furan rings is 1. The number of hydrogen-bond acceptors (Lipinski definition) is 6. The van der Waals surface area contributed by atoms with Crippen LogP contribution in [-0.4, -0.2) is 47.9 Å². The number of likely N-dealkylation sites (tertiary alicyclic amines) is 1. The topological polar surface area (TPSA) is 104 Å². The van der Waals surface area contributed by atoms with Gasteiger partial charge in [0.2, 0.25) is 0 Å². The summed E-state index contributed by atoms with van der Waals surface area (Å²) in [6.07, 6.45) is 7.18. The molecule has 1 unspecified atom stereocenters. The maximum absolute atomic E-state index is 12.0. The normalized spacial score (nSPS) is 17.2. The number of nitrogens with two attached hydrogens (primary N) is 1. The van der Waals surface area contributed by atoms with Gasteiger partial charge in [-0.1, -0.05) is 60.7 Å². The Balaban J connectivity index is 1.36. The van der Waals surface area contributed by atoms with E-state index in [2.05, 4.69) is 35.3 Å². The van der Waals surface area contributed by atoms with Crippen LogP contribution in [0.5, 0.6) is 0 Å². The van der Waals surface area contributed by atoms with Gasteiger partial charge in [-0.25, -0.2) is 0 Å². The molecule has 1 saturated heterocycles. The molecule has 39 heavy (non-hydrogen) atoms. The minimum Gasteiger partial charge on any atom is -0.480 e. The van der Waals surface area contributed by atoms with Crippen molar-refractivity contribution in [3.63, 3.8) is 0 Å². The molecule has 0 saturated carbocycles. The number of carbonyl (C=O) groups is 1. The molecule has 0 amide bonds. The van der Waals surface area contributed by atoms with E-state index in [4.69, 9.17) is 15.1 Å². The molecule has 4 N–H and O–H groups in total. The standard InChI is InChI=1S/C32H40N4O3/c1-2-34-29(23-27(33)22-24-10-5-3-6-11-24)26-15-18-36(19-16-26)20-17-28(25-12-7-4-8-13-25)35-31(32(37)38)30-14-9-21-39-30/h3-14,21,23,26,28,31,35H,2,15-20,22,33H2,1H3,(H,37,38)/b27-23-,34-29?/t28-,31?/m0/s1. The van der Waals surface area contributed by atoms with Crippen LogP contribution in [0.4, 0.5) is 0 Å². The zero-order valence-corrected chi connectivity index (χ0v) is 22.7. The molecule has 7 nitrogen and oxygen atoms in total. The van der Waals surface area contributed by atoms with Crippen LogP contribution in [0.25, 0.3) is 0 Å². The SMILES string of the molecule is CCN=C(/C=C(\N)Cc1ccccc1)C1CCN(CC[C@H](NC(C(=O)O)c2ccco2)c2ccccc2)CC1. The number of benzene rings is 2. The summed E-state index contributed by atoms with van der Waals surface area (Å²) in [5, 5.41) is 13.2. The molecular formula is C32H40N4O3. The lowest BCUT2D eigenvalue weighted by Gasteiger charge is -2.33. The third-order valence-electron chi connectivity index (χ3n) is 7.31. The van der Waals surface area contributed by atoms with Gasteiger partial charge in [0, 0.05) is 36.3 Å². The van der Waals surface area contributed by atoms with E-state index in [1.807, 2.05) is 48.5 Å². The first-order valence-electron chi connectivity index (χ1n) is 13.9. The van der Waals surface area contributed by atoms with Gasteiger partial charge in [-0.15, -0.1) is 0 Å². The number of carboxylic acids is 1. The lowest BCUT2D eigenvalue weighted by molar-refractivity contribution is -0.140. The molecule has 206 valence electrons. The van der Waals surface area contributed by atoms with Crippen LogP contribution in [0.1, 0.15) is 55.2 Å². The van der Waals surface area contributed by atoms with E-state index in [-0.39, 0.29) is 6.04 Å². The number of rotatable bonds is 13. The quantitative estimate of drug-likeness (QED) is 0.257. The Labute approximate surface area is 231 Å². The summed E-state index contributed by atoms with van der Waals surface area (Å²) in [6.45, 7) is 5.63. The number of nitrogens with zero attached hydrogens (tertiary/aromatic N) is 2. The van der Waals surface area contributed by atoms with Crippen molar-refractivity contribution >= 4 is 11.7 Å². The molecule has 1 fully saturated rings. The van der Waals surface area contributed by atoms with Gasteiger partial charge in [0.25, 0.3) is 0 Å². The van der Waals surface area contributed by atoms with E-state index in [1.54, 1.807) is 12.1 Å². The first kappa shape index (κ1) is 28.3. The van der Waals surface area contributed by atoms with Crippen molar-refractivity contribution in [1.82, 2.24) is 10.2 Å². The number of nitrogens with one attached hydrogen (secondary N) is 1. The number of piperidine rings is 1. The van der Waals surface area contributed by atoms with Gasteiger partial charge in [-0.05, 0) is 75.2 Å². The second-order valence-electron chi connectivity index (χ2n) is 10.1. The van der Waals surface area contributed by atoms with E-state index >= 15 is 0 Å². The maximum Gasteiger partial charge on any atom is 0.328 e. The van der Waals surface area contributed by atoms with Crippen LogP contribution in [0.2, 0.25) is 0 Å².